The molecule has 0 bridgehead atoms. The summed E-state index contributed by atoms with van der Waals surface area (Å²) in [7, 11) is 0.163. The quantitative estimate of drug-likeness (QED) is 0.126. The highest BCUT2D eigenvalue weighted by Gasteiger charge is 2.22. The standard InChI is InChI=1S/C6H10O4.C6H14O2S2.C6H10O2.C4H8O2.C4H8O.C2H6O2S2/c1-4(5(7)9-2)6(8)10-3;1-4-6(2)5-9-10(3,7)8;1-4(5(2)7)6(3)8;1-3-4(5)6-2;1-3-4(2)5;1-5-6(2,3)4/h4H,1-3H3;6H,4-5H2,1-3H3;4H,1-3H3;3H2,1-2H3;3H2,1-2H3;1-2H3. The number of rotatable bonds is 11. The van der Waals surface area contributed by atoms with Crippen LogP contribution in [0.25, 0.3) is 0 Å². The fourth-order valence-corrected chi connectivity index (χ4v) is 3.39. The molecule has 0 saturated heterocycles. The minimum Gasteiger partial charge on any atom is -0.469 e. The van der Waals surface area contributed by atoms with Gasteiger partial charge in [0.15, 0.2) is 23.7 Å². The summed E-state index contributed by atoms with van der Waals surface area (Å²) in [6.45, 7) is 15.2. The molecule has 1 unspecified atom stereocenters. The van der Waals surface area contributed by atoms with Crippen LogP contribution in [0.1, 0.15) is 81.6 Å². The van der Waals surface area contributed by atoms with E-state index in [1.807, 2.05) is 6.92 Å². The molecule has 0 spiro atoms. The second kappa shape index (κ2) is 33.4. The minimum atomic E-state index is -2.81. The molecule has 0 radical (unpaired) electrons. The Bertz CT molecular complexity index is 1020. The summed E-state index contributed by atoms with van der Waals surface area (Å²) < 4.78 is 54.0. The Balaban J connectivity index is -0.000000103. The van der Waals surface area contributed by atoms with Crippen molar-refractivity contribution in [1.82, 2.24) is 0 Å². The Morgan fingerprint density at radius 2 is 0.978 bits per heavy atom. The van der Waals surface area contributed by atoms with E-state index in [-0.39, 0.29) is 23.3 Å². The minimum absolute atomic E-state index is 0.0579. The van der Waals surface area contributed by atoms with Crippen molar-refractivity contribution in [2.75, 3.05) is 45.8 Å². The van der Waals surface area contributed by atoms with Gasteiger partial charge in [0, 0.05) is 31.1 Å². The summed E-state index contributed by atoms with van der Waals surface area (Å²) in [5, 5.41) is 0. The average molecular weight is 729 g/mol. The zero-order valence-corrected chi connectivity index (χ0v) is 32.8. The van der Waals surface area contributed by atoms with Gasteiger partial charge in [0.2, 0.25) is 0 Å². The molecule has 13 nitrogen and oxygen atoms in total. The Morgan fingerprint density at radius 3 is 1.09 bits per heavy atom. The first-order valence-electron chi connectivity index (χ1n) is 13.6. The number of ketones is 3. The lowest BCUT2D eigenvalue weighted by molar-refractivity contribution is -0.157. The second-order valence-electron chi connectivity index (χ2n) is 9.07. The molecule has 0 aliphatic heterocycles. The van der Waals surface area contributed by atoms with Gasteiger partial charge >= 0.3 is 17.9 Å². The molecule has 0 N–H and O–H groups in total. The summed E-state index contributed by atoms with van der Waals surface area (Å²) in [6, 6.07) is 0. The van der Waals surface area contributed by atoms with Crippen LogP contribution in [0, 0.1) is 17.8 Å². The Labute approximate surface area is 278 Å². The number of carbonyl (C=O) groups is 6. The SMILES string of the molecule is CC(=O)C(C)C(C)=O.CCC(=O)OC.CCC(C)=O.CCC(C)CSS(C)(=O)=O.COC(=O)C(C)C(=O)OC.CSS(C)(=O)=O. The van der Waals surface area contributed by atoms with Crippen LogP contribution in [-0.4, -0.2) is 97.9 Å². The van der Waals surface area contributed by atoms with Gasteiger partial charge in [-0.05, 0) is 68.4 Å². The molecule has 45 heavy (non-hydrogen) atoms. The summed E-state index contributed by atoms with van der Waals surface area (Å²) in [6.07, 6.45) is 6.14. The lowest BCUT2D eigenvalue weighted by Crippen LogP contribution is -2.23. The van der Waals surface area contributed by atoms with Crippen molar-refractivity contribution in [2.24, 2.45) is 17.8 Å². The highest BCUT2D eigenvalue weighted by atomic mass is 33.1. The van der Waals surface area contributed by atoms with Gasteiger partial charge in [-0.1, -0.05) is 34.1 Å². The first-order valence-corrected chi connectivity index (χ1v) is 20.6. The predicted octanol–water partition coefficient (Wildman–Crippen LogP) is 4.36. The van der Waals surface area contributed by atoms with Crippen LogP contribution >= 0.6 is 21.6 Å². The molecule has 0 aromatic rings. The van der Waals surface area contributed by atoms with Crippen molar-refractivity contribution in [1.29, 1.82) is 0 Å². The number of carbonyl (C=O) groups excluding carboxylic acids is 6. The third-order valence-corrected chi connectivity index (χ3v) is 10.2. The normalized spacial score (nSPS) is 10.5. The van der Waals surface area contributed by atoms with Crippen LogP contribution in [0.2, 0.25) is 0 Å². The van der Waals surface area contributed by atoms with Crippen molar-refractivity contribution in [3.63, 3.8) is 0 Å². The molecule has 0 aliphatic rings. The average Bonchev–Trinajstić information content (AvgIpc) is 2.98. The third-order valence-electron chi connectivity index (χ3n) is 4.91. The molecular weight excluding hydrogens is 673 g/mol. The topological polar surface area (TPSA) is 198 Å². The van der Waals surface area contributed by atoms with Crippen LogP contribution in [0.5, 0.6) is 0 Å². The van der Waals surface area contributed by atoms with Gasteiger partial charge in [-0.2, -0.15) is 0 Å². The zero-order chi connectivity index (χ0) is 37.6. The number of Topliss-reactive ketones (excluding diaryl/α,β-unsaturated/α-hetero) is 3. The smallest absolute Gasteiger partial charge is 0.319 e. The molecule has 0 aromatic carbocycles. The number of esters is 3. The van der Waals surface area contributed by atoms with Gasteiger partial charge in [0.05, 0.1) is 27.2 Å². The summed E-state index contributed by atoms with van der Waals surface area (Å²) in [5.74, 6) is -1.19. The van der Waals surface area contributed by atoms with E-state index in [0.29, 0.717) is 18.8 Å². The van der Waals surface area contributed by atoms with E-state index in [9.17, 15) is 45.6 Å². The van der Waals surface area contributed by atoms with Crippen molar-refractivity contribution in [3.05, 3.63) is 0 Å². The molecule has 0 rings (SSSR count). The van der Waals surface area contributed by atoms with Gasteiger partial charge in [-0.15, -0.1) is 0 Å². The first-order chi connectivity index (χ1) is 20.3. The molecule has 0 fully saturated rings. The maximum Gasteiger partial charge on any atom is 0.319 e. The predicted molar refractivity (Wildman–Crippen MR) is 182 cm³/mol. The van der Waals surface area contributed by atoms with Crippen molar-refractivity contribution in [3.8, 4) is 0 Å². The lowest BCUT2D eigenvalue weighted by atomic mass is 10.0. The molecule has 0 aromatic heterocycles. The molecular formula is C28H56O13S4. The molecule has 0 saturated carbocycles. The maximum atomic E-state index is 10.6. The summed E-state index contributed by atoms with van der Waals surface area (Å²) >= 11 is 0. The van der Waals surface area contributed by atoms with Crippen molar-refractivity contribution >= 4 is 74.6 Å². The Hall–Kier alpha value is -1.98. The van der Waals surface area contributed by atoms with Crippen LogP contribution in [0.15, 0.2) is 0 Å². The Morgan fingerprint density at radius 1 is 0.644 bits per heavy atom. The van der Waals surface area contributed by atoms with Crippen LogP contribution in [-0.2, 0) is 60.7 Å². The highest BCUT2D eigenvalue weighted by molar-refractivity contribution is 8.72. The van der Waals surface area contributed by atoms with E-state index in [2.05, 4.69) is 28.1 Å². The van der Waals surface area contributed by atoms with E-state index in [1.165, 1.54) is 60.9 Å². The molecule has 17 heteroatoms. The molecule has 0 amide bonds. The molecule has 0 heterocycles. The van der Waals surface area contributed by atoms with Gasteiger partial charge in [-0.25, -0.2) is 16.8 Å². The largest absolute Gasteiger partial charge is 0.469 e. The fourth-order valence-electron chi connectivity index (χ4n) is 1.24. The fraction of sp³-hybridized carbons (Fsp3) is 0.786. The zero-order valence-electron chi connectivity index (χ0n) is 29.5. The van der Waals surface area contributed by atoms with E-state index in [0.717, 1.165) is 33.8 Å². The van der Waals surface area contributed by atoms with Crippen molar-refractivity contribution in [2.45, 2.75) is 81.6 Å². The van der Waals surface area contributed by atoms with E-state index < -0.39 is 41.5 Å². The van der Waals surface area contributed by atoms with Crippen molar-refractivity contribution < 1.29 is 59.8 Å². The number of hydrogen-bond acceptors (Lipinski definition) is 15. The second-order valence-corrected chi connectivity index (χ2v) is 18.1. The summed E-state index contributed by atoms with van der Waals surface area (Å²) in [4.78, 5) is 61.7. The monoisotopic (exact) mass is 728 g/mol. The van der Waals surface area contributed by atoms with E-state index >= 15 is 0 Å². The maximum absolute atomic E-state index is 10.6. The number of methoxy groups -OCH3 is 3. The lowest BCUT2D eigenvalue weighted by Gasteiger charge is -2.04. The number of ether oxygens (including phenoxy) is 3. The highest BCUT2D eigenvalue weighted by Crippen LogP contribution is 2.16. The van der Waals surface area contributed by atoms with Crippen LogP contribution in [0.4, 0.5) is 0 Å². The Kier molecular flexibility index (Phi) is 41.1. The molecule has 1 atom stereocenters. The van der Waals surface area contributed by atoms with E-state index in [4.69, 9.17) is 0 Å². The molecule has 270 valence electrons. The first kappa shape index (κ1) is 55.4. The molecule has 0 aliphatic carbocycles. The van der Waals surface area contributed by atoms with Gasteiger partial charge in [0.25, 0.3) is 0 Å². The van der Waals surface area contributed by atoms with E-state index in [1.54, 1.807) is 20.8 Å². The van der Waals surface area contributed by atoms with Gasteiger partial charge < -0.3 is 19.0 Å². The summed E-state index contributed by atoms with van der Waals surface area (Å²) in [5.41, 5.74) is 0. The van der Waals surface area contributed by atoms with Crippen LogP contribution in [0.3, 0.4) is 0 Å². The van der Waals surface area contributed by atoms with Gasteiger partial charge in [-0.3, -0.25) is 24.0 Å². The van der Waals surface area contributed by atoms with Crippen LogP contribution < -0.4 is 0 Å². The van der Waals surface area contributed by atoms with Gasteiger partial charge in [0.1, 0.15) is 17.3 Å². The third kappa shape index (κ3) is 54.9. The number of hydrogen-bond donors (Lipinski definition) is 0.